The fourth-order valence-corrected chi connectivity index (χ4v) is 1.93. The van der Waals surface area contributed by atoms with E-state index in [4.69, 9.17) is 14.2 Å². The standard InChI is InChI=1S/C15H15FO3/c1-17-12-8-13(18-2)15(14(9-12)19-3)10-5-4-6-11(16)7-10/h4-9H,1-3H3. The maximum absolute atomic E-state index is 13.4. The average molecular weight is 262 g/mol. The van der Waals surface area contributed by atoms with Crippen LogP contribution in [0, 0.1) is 5.82 Å². The molecule has 0 atom stereocenters. The summed E-state index contributed by atoms with van der Waals surface area (Å²) in [5, 5.41) is 0. The maximum Gasteiger partial charge on any atom is 0.134 e. The molecule has 0 aromatic heterocycles. The van der Waals surface area contributed by atoms with Crippen LogP contribution in [0.3, 0.4) is 0 Å². The van der Waals surface area contributed by atoms with E-state index in [1.165, 1.54) is 12.1 Å². The van der Waals surface area contributed by atoms with Crippen LogP contribution in [0.1, 0.15) is 0 Å². The predicted molar refractivity (Wildman–Crippen MR) is 71.5 cm³/mol. The van der Waals surface area contributed by atoms with Gasteiger partial charge in [0, 0.05) is 12.1 Å². The van der Waals surface area contributed by atoms with E-state index in [0.29, 0.717) is 28.4 Å². The quantitative estimate of drug-likeness (QED) is 0.843. The van der Waals surface area contributed by atoms with Gasteiger partial charge in [-0.2, -0.15) is 0 Å². The van der Waals surface area contributed by atoms with Gasteiger partial charge >= 0.3 is 0 Å². The molecule has 3 nitrogen and oxygen atoms in total. The van der Waals surface area contributed by atoms with Crippen molar-refractivity contribution in [3.63, 3.8) is 0 Å². The fraction of sp³-hybridized carbons (Fsp3) is 0.200. The molecule has 2 aromatic rings. The summed E-state index contributed by atoms with van der Waals surface area (Å²) in [6.07, 6.45) is 0. The molecule has 0 spiro atoms. The monoisotopic (exact) mass is 262 g/mol. The number of benzene rings is 2. The van der Waals surface area contributed by atoms with Gasteiger partial charge in [0.1, 0.15) is 23.1 Å². The molecule has 0 bridgehead atoms. The van der Waals surface area contributed by atoms with Gasteiger partial charge < -0.3 is 14.2 Å². The molecule has 0 aliphatic rings. The highest BCUT2D eigenvalue weighted by molar-refractivity contribution is 5.78. The van der Waals surface area contributed by atoms with Crippen LogP contribution in [0.15, 0.2) is 36.4 Å². The van der Waals surface area contributed by atoms with Crippen molar-refractivity contribution in [2.75, 3.05) is 21.3 Å². The van der Waals surface area contributed by atoms with Gasteiger partial charge in [0.25, 0.3) is 0 Å². The van der Waals surface area contributed by atoms with Gasteiger partial charge in [0.2, 0.25) is 0 Å². The number of ether oxygens (including phenoxy) is 3. The van der Waals surface area contributed by atoms with E-state index in [-0.39, 0.29) is 5.82 Å². The summed E-state index contributed by atoms with van der Waals surface area (Å²) in [7, 11) is 4.67. The predicted octanol–water partition coefficient (Wildman–Crippen LogP) is 3.52. The Hall–Kier alpha value is -2.23. The van der Waals surface area contributed by atoms with Gasteiger partial charge in [-0.1, -0.05) is 12.1 Å². The van der Waals surface area contributed by atoms with E-state index < -0.39 is 0 Å². The third-order valence-corrected chi connectivity index (χ3v) is 2.83. The van der Waals surface area contributed by atoms with Gasteiger partial charge in [0.05, 0.1) is 26.9 Å². The number of methoxy groups -OCH3 is 3. The van der Waals surface area contributed by atoms with Crippen LogP contribution < -0.4 is 14.2 Å². The zero-order valence-electron chi connectivity index (χ0n) is 11.1. The van der Waals surface area contributed by atoms with Crippen molar-refractivity contribution in [2.24, 2.45) is 0 Å². The third-order valence-electron chi connectivity index (χ3n) is 2.83. The number of rotatable bonds is 4. The summed E-state index contributed by atoms with van der Waals surface area (Å²) >= 11 is 0. The minimum atomic E-state index is -0.308. The second-order valence-corrected chi connectivity index (χ2v) is 3.92. The molecule has 0 fully saturated rings. The molecule has 0 saturated carbocycles. The molecule has 0 N–H and O–H groups in total. The van der Waals surface area contributed by atoms with Crippen molar-refractivity contribution in [1.82, 2.24) is 0 Å². The molecule has 0 aliphatic carbocycles. The van der Waals surface area contributed by atoms with Crippen LogP contribution in [-0.2, 0) is 0 Å². The Labute approximate surface area is 111 Å². The lowest BCUT2D eigenvalue weighted by atomic mass is 10.0. The molecule has 0 saturated heterocycles. The van der Waals surface area contributed by atoms with Crippen LogP contribution in [0.5, 0.6) is 17.2 Å². The summed E-state index contributed by atoms with van der Waals surface area (Å²) in [6.45, 7) is 0. The lowest BCUT2D eigenvalue weighted by molar-refractivity contribution is 0.377. The molecule has 2 aromatic carbocycles. The molecule has 4 heteroatoms. The highest BCUT2D eigenvalue weighted by atomic mass is 19.1. The van der Waals surface area contributed by atoms with Gasteiger partial charge in [-0.15, -0.1) is 0 Å². The largest absolute Gasteiger partial charge is 0.496 e. The minimum absolute atomic E-state index is 0.308. The second-order valence-electron chi connectivity index (χ2n) is 3.92. The third kappa shape index (κ3) is 2.62. The van der Waals surface area contributed by atoms with Crippen molar-refractivity contribution >= 4 is 0 Å². The van der Waals surface area contributed by atoms with Gasteiger partial charge in [-0.05, 0) is 17.7 Å². The van der Waals surface area contributed by atoms with Crippen LogP contribution in [-0.4, -0.2) is 21.3 Å². The van der Waals surface area contributed by atoms with E-state index in [0.717, 1.165) is 0 Å². The Morgan fingerprint density at radius 2 is 1.47 bits per heavy atom. The highest BCUT2D eigenvalue weighted by Crippen LogP contribution is 2.41. The second kappa shape index (κ2) is 5.61. The molecule has 2 rings (SSSR count). The molecule has 0 radical (unpaired) electrons. The van der Waals surface area contributed by atoms with Gasteiger partial charge in [-0.3, -0.25) is 0 Å². The van der Waals surface area contributed by atoms with Crippen LogP contribution in [0.25, 0.3) is 11.1 Å². The van der Waals surface area contributed by atoms with Crippen molar-refractivity contribution in [3.8, 4) is 28.4 Å². The van der Waals surface area contributed by atoms with Crippen molar-refractivity contribution in [1.29, 1.82) is 0 Å². The first-order valence-electron chi connectivity index (χ1n) is 5.75. The summed E-state index contributed by atoms with van der Waals surface area (Å²) in [5.74, 6) is 1.45. The summed E-state index contributed by atoms with van der Waals surface area (Å²) in [5.41, 5.74) is 1.39. The Morgan fingerprint density at radius 3 is 1.95 bits per heavy atom. The molecule has 0 unspecified atom stereocenters. The van der Waals surface area contributed by atoms with Gasteiger partial charge in [0.15, 0.2) is 0 Å². The Morgan fingerprint density at radius 1 is 0.842 bits per heavy atom. The minimum Gasteiger partial charge on any atom is -0.496 e. The van der Waals surface area contributed by atoms with Gasteiger partial charge in [-0.25, -0.2) is 4.39 Å². The maximum atomic E-state index is 13.4. The molecule has 0 aliphatic heterocycles. The molecule has 0 heterocycles. The van der Waals surface area contributed by atoms with E-state index in [1.54, 1.807) is 45.6 Å². The molecule has 0 amide bonds. The summed E-state index contributed by atoms with van der Waals surface area (Å²) in [6, 6.07) is 9.76. The smallest absolute Gasteiger partial charge is 0.134 e. The van der Waals surface area contributed by atoms with E-state index in [1.807, 2.05) is 0 Å². The number of halogens is 1. The van der Waals surface area contributed by atoms with Crippen LogP contribution in [0.2, 0.25) is 0 Å². The van der Waals surface area contributed by atoms with E-state index in [2.05, 4.69) is 0 Å². The number of hydrogen-bond donors (Lipinski definition) is 0. The first-order valence-corrected chi connectivity index (χ1v) is 5.75. The summed E-state index contributed by atoms with van der Waals surface area (Å²) < 4.78 is 29.2. The Bertz CT molecular complexity index is 556. The highest BCUT2D eigenvalue weighted by Gasteiger charge is 2.15. The fourth-order valence-electron chi connectivity index (χ4n) is 1.93. The summed E-state index contributed by atoms with van der Waals surface area (Å²) in [4.78, 5) is 0. The number of hydrogen-bond acceptors (Lipinski definition) is 3. The molecular formula is C15H15FO3. The molecule has 19 heavy (non-hydrogen) atoms. The van der Waals surface area contributed by atoms with Crippen molar-refractivity contribution < 1.29 is 18.6 Å². The van der Waals surface area contributed by atoms with Crippen molar-refractivity contribution in [3.05, 3.63) is 42.2 Å². The lowest BCUT2D eigenvalue weighted by Crippen LogP contribution is -1.95. The molecular weight excluding hydrogens is 247 g/mol. The molecule has 100 valence electrons. The topological polar surface area (TPSA) is 27.7 Å². The zero-order valence-corrected chi connectivity index (χ0v) is 11.1. The lowest BCUT2D eigenvalue weighted by Gasteiger charge is -2.15. The van der Waals surface area contributed by atoms with E-state index in [9.17, 15) is 4.39 Å². The Kier molecular flexibility index (Phi) is 3.90. The van der Waals surface area contributed by atoms with Crippen molar-refractivity contribution in [2.45, 2.75) is 0 Å². The average Bonchev–Trinajstić information content (AvgIpc) is 2.45. The Balaban J connectivity index is 2.66. The van der Waals surface area contributed by atoms with Crippen LogP contribution in [0.4, 0.5) is 4.39 Å². The zero-order chi connectivity index (χ0) is 13.8. The SMILES string of the molecule is COc1cc(OC)c(-c2cccc(F)c2)c(OC)c1. The first-order chi connectivity index (χ1) is 9.19. The van der Waals surface area contributed by atoms with E-state index >= 15 is 0 Å². The normalized spacial score (nSPS) is 10.1. The first kappa shape index (κ1) is 13.2. The van der Waals surface area contributed by atoms with Crippen LogP contribution >= 0.6 is 0 Å².